The second-order valence-electron chi connectivity index (χ2n) is 4.60. The Hall–Kier alpha value is -2.62. The lowest BCUT2D eigenvalue weighted by molar-refractivity contribution is -0.385. The number of hydrogen-bond donors (Lipinski definition) is 1. The van der Waals surface area contributed by atoms with Gasteiger partial charge in [-0.3, -0.25) is 10.1 Å². The number of nitriles is 1. The first-order valence-electron chi connectivity index (χ1n) is 6.20. The topological polar surface area (TPSA) is 107 Å². The molecule has 1 saturated carbocycles. The van der Waals surface area contributed by atoms with Crippen LogP contribution in [0.3, 0.4) is 0 Å². The zero-order chi connectivity index (χ0) is 14.7. The van der Waals surface area contributed by atoms with Gasteiger partial charge in [-0.15, -0.1) is 0 Å². The Bertz CT molecular complexity index is 590. The van der Waals surface area contributed by atoms with Gasteiger partial charge in [0.05, 0.1) is 17.4 Å². The number of hydrogen-bond acceptors (Lipinski definition) is 5. The van der Waals surface area contributed by atoms with Crippen molar-refractivity contribution in [2.75, 3.05) is 11.4 Å². The third-order valence-corrected chi connectivity index (χ3v) is 3.19. The summed E-state index contributed by atoms with van der Waals surface area (Å²) < 4.78 is 0. The van der Waals surface area contributed by atoms with Crippen LogP contribution in [0.15, 0.2) is 18.2 Å². The summed E-state index contributed by atoms with van der Waals surface area (Å²) in [6.45, 7) is 0.491. The SMILES string of the molecule is N#CCCN(c1ccc(C(=O)O)c([N+](=O)[O-])c1)C1CC1. The third kappa shape index (κ3) is 2.85. The molecule has 0 spiro atoms. The first kappa shape index (κ1) is 13.8. The Morgan fingerprint density at radius 3 is 2.75 bits per heavy atom. The predicted molar refractivity (Wildman–Crippen MR) is 70.7 cm³/mol. The quantitative estimate of drug-likeness (QED) is 0.629. The zero-order valence-corrected chi connectivity index (χ0v) is 10.7. The number of aromatic carboxylic acids is 1. The summed E-state index contributed by atoms with van der Waals surface area (Å²) in [4.78, 5) is 23.2. The Morgan fingerprint density at radius 2 is 2.25 bits per heavy atom. The molecular formula is C13H13N3O4. The van der Waals surface area contributed by atoms with Crippen molar-refractivity contribution in [3.05, 3.63) is 33.9 Å². The molecule has 2 rings (SSSR count). The first-order valence-corrected chi connectivity index (χ1v) is 6.20. The highest BCUT2D eigenvalue weighted by atomic mass is 16.6. The number of nitro groups is 1. The zero-order valence-electron chi connectivity index (χ0n) is 10.7. The monoisotopic (exact) mass is 275 g/mol. The molecule has 1 aliphatic rings. The van der Waals surface area contributed by atoms with E-state index < -0.39 is 16.6 Å². The minimum absolute atomic E-state index is 0.290. The maximum Gasteiger partial charge on any atom is 0.342 e. The molecule has 0 bridgehead atoms. The highest BCUT2D eigenvalue weighted by Gasteiger charge is 2.30. The molecule has 1 aromatic rings. The lowest BCUT2D eigenvalue weighted by Crippen LogP contribution is -2.26. The van der Waals surface area contributed by atoms with Crippen molar-refractivity contribution in [1.29, 1.82) is 5.26 Å². The van der Waals surface area contributed by atoms with Gasteiger partial charge in [0.2, 0.25) is 0 Å². The molecule has 1 N–H and O–H groups in total. The molecule has 1 aliphatic carbocycles. The summed E-state index contributed by atoms with van der Waals surface area (Å²) in [6.07, 6.45) is 2.30. The molecule has 0 saturated heterocycles. The smallest absolute Gasteiger partial charge is 0.342 e. The molecule has 0 aliphatic heterocycles. The third-order valence-electron chi connectivity index (χ3n) is 3.19. The van der Waals surface area contributed by atoms with E-state index in [0.29, 0.717) is 24.7 Å². The normalized spacial score (nSPS) is 13.6. The lowest BCUT2D eigenvalue weighted by atomic mass is 10.1. The van der Waals surface area contributed by atoms with Gasteiger partial charge in [0, 0.05) is 24.3 Å². The van der Waals surface area contributed by atoms with E-state index in [4.69, 9.17) is 10.4 Å². The van der Waals surface area contributed by atoms with Crippen molar-refractivity contribution >= 4 is 17.3 Å². The molecule has 104 valence electrons. The van der Waals surface area contributed by atoms with Gasteiger partial charge in [-0.2, -0.15) is 5.26 Å². The molecule has 0 amide bonds. The van der Waals surface area contributed by atoms with Crippen LogP contribution in [0.1, 0.15) is 29.6 Å². The van der Waals surface area contributed by atoms with Gasteiger partial charge in [0.25, 0.3) is 5.69 Å². The number of carboxylic acids is 1. The summed E-state index contributed by atoms with van der Waals surface area (Å²) >= 11 is 0. The van der Waals surface area contributed by atoms with Gasteiger partial charge >= 0.3 is 5.97 Å². The lowest BCUT2D eigenvalue weighted by Gasteiger charge is -2.23. The molecule has 7 nitrogen and oxygen atoms in total. The number of benzene rings is 1. The molecule has 7 heteroatoms. The van der Waals surface area contributed by atoms with E-state index in [2.05, 4.69) is 0 Å². The minimum Gasteiger partial charge on any atom is -0.477 e. The fourth-order valence-electron chi connectivity index (χ4n) is 2.11. The van der Waals surface area contributed by atoms with E-state index >= 15 is 0 Å². The van der Waals surface area contributed by atoms with Crippen LogP contribution in [0.5, 0.6) is 0 Å². The second kappa shape index (κ2) is 5.57. The van der Waals surface area contributed by atoms with Crippen LogP contribution in [-0.2, 0) is 0 Å². The molecule has 0 unspecified atom stereocenters. The van der Waals surface area contributed by atoms with Gasteiger partial charge in [-0.05, 0) is 25.0 Å². The highest BCUT2D eigenvalue weighted by molar-refractivity contribution is 5.93. The molecule has 0 aromatic heterocycles. The summed E-state index contributed by atoms with van der Waals surface area (Å²) in [5.41, 5.74) is -0.146. The van der Waals surface area contributed by atoms with Crippen LogP contribution < -0.4 is 4.90 Å². The first-order chi connectivity index (χ1) is 9.54. The maximum atomic E-state index is 11.0. The molecule has 20 heavy (non-hydrogen) atoms. The van der Waals surface area contributed by atoms with Crippen LogP contribution in [0, 0.1) is 21.4 Å². The summed E-state index contributed by atoms with van der Waals surface area (Å²) in [6, 6.07) is 6.42. The Morgan fingerprint density at radius 1 is 1.55 bits per heavy atom. The summed E-state index contributed by atoms with van der Waals surface area (Å²) in [5.74, 6) is -1.32. The Kier molecular flexibility index (Phi) is 3.84. The predicted octanol–water partition coefficient (Wildman–Crippen LogP) is 2.18. The van der Waals surface area contributed by atoms with Crippen molar-refractivity contribution in [2.45, 2.75) is 25.3 Å². The molecule has 0 radical (unpaired) electrons. The van der Waals surface area contributed by atoms with Gasteiger partial charge in [0.15, 0.2) is 0 Å². The van der Waals surface area contributed by atoms with Crippen molar-refractivity contribution < 1.29 is 14.8 Å². The van der Waals surface area contributed by atoms with Gasteiger partial charge in [-0.1, -0.05) is 0 Å². The van der Waals surface area contributed by atoms with Crippen LogP contribution >= 0.6 is 0 Å². The molecule has 0 heterocycles. The standard InChI is InChI=1S/C13H13N3O4/c14-6-1-7-15(9-2-3-9)10-4-5-11(13(17)18)12(8-10)16(19)20/h4-5,8-9H,1-3,7H2,(H,17,18). The van der Waals surface area contributed by atoms with E-state index in [1.807, 2.05) is 11.0 Å². The average Bonchev–Trinajstić information content (AvgIpc) is 3.23. The van der Waals surface area contributed by atoms with Crippen LogP contribution in [0.25, 0.3) is 0 Å². The van der Waals surface area contributed by atoms with Crippen molar-refractivity contribution in [3.63, 3.8) is 0 Å². The van der Waals surface area contributed by atoms with E-state index in [-0.39, 0.29) is 5.56 Å². The number of carboxylic acid groups (broad SMARTS) is 1. The highest BCUT2D eigenvalue weighted by Crippen LogP contribution is 2.34. The van der Waals surface area contributed by atoms with E-state index in [0.717, 1.165) is 12.8 Å². The van der Waals surface area contributed by atoms with E-state index in [1.54, 1.807) is 6.07 Å². The molecule has 1 fully saturated rings. The molecule has 1 aromatic carbocycles. The van der Waals surface area contributed by atoms with Gasteiger partial charge in [-0.25, -0.2) is 4.79 Å². The van der Waals surface area contributed by atoms with Crippen LogP contribution in [0.2, 0.25) is 0 Å². The second-order valence-corrected chi connectivity index (χ2v) is 4.60. The van der Waals surface area contributed by atoms with Gasteiger partial charge in [0.1, 0.15) is 5.56 Å². The summed E-state index contributed by atoms with van der Waals surface area (Å²) in [7, 11) is 0. The minimum atomic E-state index is -1.32. The maximum absolute atomic E-state index is 11.0. The number of anilines is 1. The molecular weight excluding hydrogens is 262 g/mol. The van der Waals surface area contributed by atoms with Crippen LogP contribution in [-0.4, -0.2) is 28.6 Å². The average molecular weight is 275 g/mol. The number of rotatable bonds is 6. The fourth-order valence-corrected chi connectivity index (χ4v) is 2.11. The Balaban J connectivity index is 2.36. The number of carbonyl (C=O) groups is 1. The van der Waals surface area contributed by atoms with Crippen LogP contribution in [0.4, 0.5) is 11.4 Å². The molecule has 0 atom stereocenters. The number of nitrogens with zero attached hydrogens (tertiary/aromatic N) is 3. The van der Waals surface area contributed by atoms with Crippen molar-refractivity contribution in [2.24, 2.45) is 0 Å². The van der Waals surface area contributed by atoms with Crippen molar-refractivity contribution in [3.8, 4) is 6.07 Å². The van der Waals surface area contributed by atoms with Gasteiger partial charge < -0.3 is 10.0 Å². The number of nitro benzene ring substituents is 1. The van der Waals surface area contributed by atoms with Crippen molar-refractivity contribution in [1.82, 2.24) is 0 Å². The fraction of sp³-hybridized carbons (Fsp3) is 0.385. The largest absolute Gasteiger partial charge is 0.477 e. The van der Waals surface area contributed by atoms with E-state index in [9.17, 15) is 14.9 Å². The summed E-state index contributed by atoms with van der Waals surface area (Å²) in [5, 5.41) is 28.6. The Labute approximate surface area is 115 Å². The van der Waals surface area contributed by atoms with E-state index in [1.165, 1.54) is 12.1 Å².